The van der Waals surface area contributed by atoms with Crippen molar-refractivity contribution in [1.82, 2.24) is 0 Å². The lowest BCUT2D eigenvalue weighted by atomic mass is 9.81. The maximum absolute atomic E-state index is 10.1. The number of rotatable bonds is 3. The molecule has 13 heavy (non-hydrogen) atoms. The lowest BCUT2D eigenvalue weighted by Crippen LogP contribution is -2.25. The fourth-order valence-corrected chi connectivity index (χ4v) is 1.98. The van der Waals surface area contributed by atoms with E-state index >= 15 is 0 Å². The highest BCUT2D eigenvalue weighted by atomic mass is 17.0. The molecular weight excluding hydrogens is 170 g/mol. The van der Waals surface area contributed by atoms with E-state index in [9.17, 15) is 10.1 Å². The molecule has 0 N–H and O–H groups in total. The monoisotopic (exact) mass is 187 g/mol. The van der Waals surface area contributed by atoms with Crippen molar-refractivity contribution in [3.8, 4) is 0 Å². The van der Waals surface area contributed by atoms with Crippen molar-refractivity contribution in [3.63, 3.8) is 0 Å². The normalized spacial score (nSPS) is 28.8. The van der Waals surface area contributed by atoms with Crippen LogP contribution < -0.4 is 0 Å². The third-order valence-electron chi connectivity index (χ3n) is 2.90. The predicted molar refractivity (Wildman–Crippen MR) is 48.7 cm³/mol. The van der Waals surface area contributed by atoms with E-state index in [0.29, 0.717) is 5.92 Å². The van der Waals surface area contributed by atoms with Crippen LogP contribution in [0, 0.1) is 22.0 Å². The van der Waals surface area contributed by atoms with E-state index in [1.165, 1.54) is 0 Å². The first-order chi connectivity index (χ1) is 6.09. The second-order valence-electron chi connectivity index (χ2n) is 4.11. The fourth-order valence-electron chi connectivity index (χ4n) is 1.98. The van der Waals surface area contributed by atoms with Gasteiger partial charge in [-0.25, -0.2) is 0 Å². The van der Waals surface area contributed by atoms with E-state index in [4.69, 9.17) is 0 Å². The van der Waals surface area contributed by atoms with Gasteiger partial charge in [0.05, 0.1) is 0 Å². The molecule has 4 heteroatoms. The Morgan fingerprint density at radius 1 is 1.31 bits per heavy atom. The Kier molecular flexibility index (Phi) is 3.51. The van der Waals surface area contributed by atoms with Crippen molar-refractivity contribution < 1.29 is 9.92 Å². The summed E-state index contributed by atoms with van der Waals surface area (Å²) in [7, 11) is 0. The first kappa shape index (κ1) is 10.3. The lowest BCUT2D eigenvalue weighted by molar-refractivity contribution is -0.769. The molecule has 1 saturated carbocycles. The molecule has 1 fully saturated rings. The van der Waals surface area contributed by atoms with Crippen molar-refractivity contribution in [2.45, 2.75) is 45.6 Å². The Labute approximate surface area is 78.4 Å². The van der Waals surface area contributed by atoms with Crippen molar-refractivity contribution >= 4 is 0 Å². The Hall–Kier alpha value is -0.800. The van der Waals surface area contributed by atoms with E-state index < -0.39 is 5.09 Å². The van der Waals surface area contributed by atoms with Gasteiger partial charge < -0.3 is 4.84 Å². The quantitative estimate of drug-likeness (QED) is 0.503. The van der Waals surface area contributed by atoms with Gasteiger partial charge in [0, 0.05) is 0 Å². The van der Waals surface area contributed by atoms with Gasteiger partial charge in [0.15, 0.2) is 0 Å². The van der Waals surface area contributed by atoms with E-state index in [1.54, 1.807) is 0 Å². The molecule has 0 bridgehead atoms. The number of hydrogen-bond donors (Lipinski definition) is 0. The van der Waals surface area contributed by atoms with Crippen LogP contribution in [0.15, 0.2) is 0 Å². The second-order valence-corrected chi connectivity index (χ2v) is 4.11. The van der Waals surface area contributed by atoms with Gasteiger partial charge in [-0.3, -0.25) is 0 Å². The molecule has 0 heterocycles. The smallest absolute Gasteiger partial charge is 0.294 e. The van der Waals surface area contributed by atoms with Crippen molar-refractivity contribution in [2.24, 2.45) is 11.8 Å². The molecule has 1 rings (SSSR count). The highest BCUT2D eigenvalue weighted by Gasteiger charge is 2.25. The summed E-state index contributed by atoms with van der Waals surface area (Å²) in [6, 6.07) is 0. The van der Waals surface area contributed by atoms with Crippen molar-refractivity contribution in [3.05, 3.63) is 10.1 Å². The van der Waals surface area contributed by atoms with Crippen LogP contribution in [0.3, 0.4) is 0 Å². The highest BCUT2D eigenvalue weighted by molar-refractivity contribution is 4.73. The average Bonchev–Trinajstić information content (AvgIpc) is 2.04. The molecule has 1 aliphatic rings. The van der Waals surface area contributed by atoms with Gasteiger partial charge in [0.2, 0.25) is 0 Å². The zero-order valence-electron chi connectivity index (χ0n) is 8.23. The van der Waals surface area contributed by atoms with Crippen LogP contribution in [-0.4, -0.2) is 11.2 Å². The molecule has 1 aliphatic carbocycles. The SMILES string of the molecule is CC(C)C1CCC(O[N+](=O)[O-])CC1. The van der Waals surface area contributed by atoms with E-state index in [1.807, 2.05) is 0 Å². The van der Waals surface area contributed by atoms with E-state index in [0.717, 1.165) is 31.6 Å². The highest BCUT2D eigenvalue weighted by Crippen LogP contribution is 2.31. The molecule has 0 unspecified atom stereocenters. The van der Waals surface area contributed by atoms with Gasteiger partial charge in [-0.2, -0.15) is 0 Å². The van der Waals surface area contributed by atoms with Gasteiger partial charge >= 0.3 is 0 Å². The van der Waals surface area contributed by atoms with Gasteiger partial charge in [0.1, 0.15) is 6.10 Å². The summed E-state index contributed by atoms with van der Waals surface area (Å²) >= 11 is 0. The molecule has 0 saturated heterocycles. The number of nitrogens with zero attached hydrogens (tertiary/aromatic N) is 1. The minimum atomic E-state index is -0.666. The first-order valence-electron chi connectivity index (χ1n) is 4.90. The average molecular weight is 187 g/mol. The topological polar surface area (TPSA) is 52.4 Å². The van der Waals surface area contributed by atoms with Crippen molar-refractivity contribution in [1.29, 1.82) is 0 Å². The molecule has 0 amide bonds. The first-order valence-corrected chi connectivity index (χ1v) is 4.90. The summed E-state index contributed by atoms with van der Waals surface area (Å²) in [6.45, 7) is 4.42. The van der Waals surface area contributed by atoms with Crippen LogP contribution in [0.4, 0.5) is 0 Å². The van der Waals surface area contributed by atoms with Gasteiger partial charge in [-0.15, -0.1) is 10.1 Å². The van der Waals surface area contributed by atoms with Crippen LogP contribution >= 0.6 is 0 Å². The fraction of sp³-hybridized carbons (Fsp3) is 1.00. The molecule has 0 atom stereocenters. The third kappa shape index (κ3) is 3.20. The molecule has 0 aromatic heterocycles. The van der Waals surface area contributed by atoms with E-state index in [-0.39, 0.29) is 6.10 Å². The Balaban J connectivity index is 2.26. The van der Waals surface area contributed by atoms with Crippen LogP contribution in [0.5, 0.6) is 0 Å². The number of hydrogen-bond acceptors (Lipinski definition) is 3. The van der Waals surface area contributed by atoms with Gasteiger partial charge in [0.25, 0.3) is 5.09 Å². The van der Waals surface area contributed by atoms with Crippen LogP contribution in [-0.2, 0) is 4.84 Å². The summed E-state index contributed by atoms with van der Waals surface area (Å²) < 4.78 is 0. The van der Waals surface area contributed by atoms with Crippen molar-refractivity contribution in [2.75, 3.05) is 0 Å². The molecule has 0 aromatic carbocycles. The molecule has 4 nitrogen and oxygen atoms in total. The molecule has 0 radical (unpaired) electrons. The molecule has 0 spiro atoms. The summed E-state index contributed by atoms with van der Waals surface area (Å²) in [5.41, 5.74) is 0. The minimum absolute atomic E-state index is 0.148. The summed E-state index contributed by atoms with van der Waals surface area (Å²) in [4.78, 5) is 14.6. The molecule has 0 aliphatic heterocycles. The predicted octanol–water partition coefficient (Wildman–Crippen LogP) is 2.41. The maximum atomic E-state index is 10.1. The summed E-state index contributed by atoms with van der Waals surface area (Å²) in [6.07, 6.45) is 3.66. The Morgan fingerprint density at radius 3 is 2.23 bits per heavy atom. The van der Waals surface area contributed by atoms with E-state index in [2.05, 4.69) is 18.7 Å². The zero-order valence-corrected chi connectivity index (χ0v) is 8.23. The Morgan fingerprint density at radius 2 is 1.85 bits per heavy atom. The summed E-state index contributed by atoms with van der Waals surface area (Å²) in [5, 5.41) is 9.40. The molecule has 0 aromatic rings. The molecule has 76 valence electrons. The zero-order chi connectivity index (χ0) is 9.84. The largest absolute Gasteiger partial charge is 0.311 e. The minimum Gasteiger partial charge on any atom is -0.311 e. The van der Waals surface area contributed by atoms with Crippen LogP contribution in [0.1, 0.15) is 39.5 Å². The van der Waals surface area contributed by atoms with Crippen LogP contribution in [0.25, 0.3) is 0 Å². The summed E-state index contributed by atoms with van der Waals surface area (Å²) in [5.74, 6) is 1.42. The van der Waals surface area contributed by atoms with Gasteiger partial charge in [-0.1, -0.05) is 13.8 Å². The second kappa shape index (κ2) is 4.44. The maximum Gasteiger partial charge on any atom is 0.294 e. The van der Waals surface area contributed by atoms with Gasteiger partial charge in [-0.05, 0) is 37.5 Å². The Bertz CT molecular complexity index is 174. The van der Waals surface area contributed by atoms with Crippen LogP contribution in [0.2, 0.25) is 0 Å². The standard InChI is InChI=1S/C9H17NO3/c1-7(2)8-3-5-9(6-4-8)13-10(11)12/h7-9H,3-6H2,1-2H3. The lowest BCUT2D eigenvalue weighted by Gasteiger charge is -2.29. The third-order valence-corrected chi connectivity index (χ3v) is 2.90. The molecular formula is C9H17NO3.